The molecule has 1 aliphatic heterocycles. The molecule has 0 unspecified atom stereocenters. The van der Waals surface area contributed by atoms with Crippen LogP contribution in [0.4, 0.5) is 0 Å². The Hall–Kier alpha value is -0.780. The molecule has 2 heterocycles. The van der Waals surface area contributed by atoms with Crippen LogP contribution in [0.1, 0.15) is 17.0 Å². The number of nitrogens with one attached hydrogen (secondary N) is 1. The Morgan fingerprint density at radius 1 is 0.958 bits per heavy atom. The second-order valence-electron chi connectivity index (χ2n) is 6.10. The van der Waals surface area contributed by atoms with Crippen molar-refractivity contribution in [1.29, 1.82) is 0 Å². The molecule has 0 radical (unpaired) electrons. The number of hydrogen-bond acceptors (Lipinski definition) is 3. The number of benzene rings is 1. The maximum Gasteiger partial charge on any atom is 0.137 e. The first-order valence-electron chi connectivity index (χ1n) is 7.65. The minimum atomic E-state index is 0. The molecule has 3 rings (SSSR count). The van der Waals surface area contributed by atoms with Crippen LogP contribution >= 0.6 is 37.2 Å². The Kier molecular flexibility index (Phi) is 9.93. The van der Waals surface area contributed by atoms with E-state index in [1.165, 1.54) is 17.0 Å². The van der Waals surface area contributed by atoms with Crippen LogP contribution in [0.3, 0.4) is 0 Å². The molecule has 0 saturated carbocycles. The number of aryl methyl sites for hydroxylation is 2. The number of imidazole rings is 1. The number of H-pyrrole nitrogens is 1. The van der Waals surface area contributed by atoms with Gasteiger partial charge in [0.25, 0.3) is 0 Å². The molecule has 0 aliphatic carbocycles. The lowest BCUT2D eigenvalue weighted by molar-refractivity contribution is 0.147. The lowest BCUT2D eigenvalue weighted by Crippen LogP contribution is -2.44. The highest BCUT2D eigenvalue weighted by Crippen LogP contribution is 2.19. The van der Waals surface area contributed by atoms with Gasteiger partial charge in [-0.2, -0.15) is 0 Å². The molecule has 1 fully saturated rings. The first-order chi connectivity index (χ1) is 10.1. The molecule has 136 valence electrons. The van der Waals surface area contributed by atoms with Crippen molar-refractivity contribution in [3.05, 3.63) is 41.2 Å². The highest BCUT2D eigenvalue weighted by atomic mass is 35.5. The molecule has 1 saturated heterocycles. The molecule has 2 aromatic rings. The summed E-state index contributed by atoms with van der Waals surface area (Å²) in [5.41, 5.74) is 4.80. The molecular formula is C17H27Cl3N4. The molecule has 0 spiro atoms. The van der Waals surface area contributed by atoms with Crippen molar-refractivity contribution < 1.29 is 0 Å². The summed E-state index contributed by atoms with van der Waals surface area (Å²) >= 11 is 0. The van der Waals surface area contributed by atoms with Crippen LogP contribution in [-0.4, -0.2) is 53.0 Å². The maximum atomic E-state index is 4.81. The summed E-state index contributed by atoms with van der Waals surface area (Å²) in [7, 11) is 2.19. The van der Waals surface area contributed by atoms with Gasteiger partial charge in [-0.05, 0) is 20.9 Å². The molecular weight excluding hydrogens is 367 g/mol. The van der Waals surface area contributed by atoms with Crippen molar-refractivity contribution in [3.63, 3.8) is 0 Å². The zero-order valence-corrected chi connectivity index (χ0v) is 16.9. The third kappa shape index (κ3) is 5.64. The smallest absolute Gasteiger partial charge is 0.137 e. The van der Waals surface area contributed by atoms with Crippen LogP contribution in [0.15, 0.2) is 24.3 Å². The van der Waals surface area contributed by atoms with Crippen LogP contribution in [0, 0.1) is 13.8 Å². The fraction of sp³-hybridized carbons (Fsp3) is 0.471. The number of piperazine rings is 1. The molecule has 0 bridgehead atoms. The van der Waals surface area contributed by atoms with Crippen molar-refractivity contribution in [2.24, 2.45) is 0 Å². The fourth-order valence-corrected chi connectivity index (χ4v) is 2.72. The van der Waals surface area contributed by atoms with Crippen molar-refractivity contribution in [2.75, 3.05) is 33.2 Å². The molecule has 24 heavy (non-hydrogen) atoms. The van der Waals surface area contributed by atoms with E-state index >= 15 is 0 Å². The number of rotatable bonds is 3. The van der Waals surface area contributed by atoms with Gasteiger partial charge in [-0.1, -0.05) is 29.8 Å². The predicted octanol–water partition coefficient (Wildman–Crippen LogP) is 3.71. The second-order valence-corrected chi connectivity index (χ2v) is 6.10. The summed E-state index contributed by atoms with van der Waals surface area (Å²) in [6.07, 6.45) is 0. The molecule has 4 nitrogen and oxygen atoms in total. The molecule has 1 aromatic heterocycles. The van der Waals surface area contributed by atoms with E-state index in [-0.39, 0.29) is 37.2 Å². The lowest BCUT2D eigenvalue weighted by atomic mass is 10.1. The SMILES string of the molecule is Cc1ccc(-c2nc(CN3CCN(C)CC3)c(C)[nH]2)cc1.Cl.Cl.Cl. The Morgan fingerprint density at radius 3 is 2.12 bits per heavy atom. The van der Waals surface area contributed by atoms with E-state index in [1.807, 2.05) is 0 Å². The molecule has 0 atom stereocenters. The van der Waals surface area contributed by atoms with E-state index in [1.54, 1.807) is 0 Å². The molecule has 7 heteroatoms. The Labute approximate surface area is 163 Å². The van der Waals surface area contributed by atoms with Gasteiger partial charge in [-0.15, -0.1) is 37.2 Å². The monoisotopic (exact) mass is 392 g/mol. The maximum absolute atomic E-state index is 4.81. The Bertz CT molecular complexity index is 605. The summed E-state index contributed by atoms with van der Waals surface area (Å²) in [6.45, 7) is 9.72. The average molecular weight is 394 g/mol. The van der Waals surface area contributed by atoms with E-state index in [2.05, 4.69) is 59.9 Å². The first-order valence-corrected chi connectivity index (χ1v) is 7.65. The first kappa shape index (κ1) is 23.2. The normalized spacial score (nSPS) is 15.1. The highest BCUT2D eigenvalue weighted by molar-refractivity contribution is 5.86. The Balaban J connectivity index is 0.00000176. The summed E-state index contributed by atoms with van der Waals surface area (Å²) in [5.74, 6) is 0.983. The minimum absolute atomic E-state index is 0. The number of halogens is 3. The largest absolute Gasteiger partial charge is 0.342 e. The quantitative estimate of drug-likeness (QED) is 0.863. The van der Waals surface area contributed by atoms with Gasteiger partial charge in [0, 0.05) is 44.0 Å². The van der Waals surface area contributed by atoms with Crippen LogP contribution in [-0.2, 0) is 6.54 Å². The van der Waals surface area contributed by atoms with E-state index in [0.717, 1.165) is 44.1 Å². The summed E-state index contributed by atoms with van der Waals surface area (Å²) < 4.78 is 0. The van der Waals surface area contributed by atoms with Gasteiger partial charge in [0.1, 0.15) is 5.82 Å². The number of nitrogens with zero attached hydrogens (tertiary/aromatic N) is 3. The van der Waals surface area contributed by atoms with Gasteiger partial charge >= 0.3 is 0 Å². The van der Waals surface area contributed by atoms with Crippen LogP contribution in [0.2, 0.25) is 0 Å². The van der Waals surface area contributed by atoms with Crippen molar-refractivity contribution in [3.8, 4) is 11.4 Å². The van der Waals surface area contributed by atoms with E-state index in [9.17, 15) is 0 Å². The Morgan fingerprint density at radius 2 is 1.54 bits per heavy atom. The minimum Gasteiger partial charge on any atom is -0.342 e. The number of hydrogen-bond donors (Lipinski definition) is 1. The van der Waals surface area contributed by atoms with Crippen LogP contribution in [0.5, 0.6) is 0 Å². The summed E-state index contributed by atoms with van der Waals surface area (Å²) in [4.78, 5) is 13.1. The summed E-state index contributed by atoms with van der Waals surface area (Å²) in [6, 6.07) is 8.53. The topological polar surface area (TPSA) is 35.2 Å². The van der Waals surface area contributed by atoms with Gasteiger partial charge in [-0.25, -0.2) is 4.98 Å². The molecule has 1 aliphatic rings. The third-order valence-corrected chi connectivity index (χ3v) is 4.28. The van der Waals surface area contributed by atoms with Crippen LogP contribution in [0.25, 0.3) is 11.4 Å². The highest BCUT2D eigenvalue weighted by Gasteiger charge is 2.17. The van der Waals surface area contributed by atoms with Crippen molar-refractivity contribution >= 4 is 37.2 Å². The molecule has 0 amide bonds. The van der Waals surface area contributed by atoms with E-state index in [4.69, 9.17) is 4.98 Å². The third-order valence-electron chi connectivity index (χ3n) is 4.28. The van der Waals surface area contributed by atoms with Gasteiger partial charge in [0.05, 0.1) is 5.69 Å². The summed E-state index contributed by atoms with van der Waals surface area (Å²) in [5, 5.41) is 0. The standard InChI is InChI=1S/C17H24N4.3ClH/c1-13-4-6-15(7-5-13)17-18-14(2)16(19-17)12-21-10-8-20(3)9-11-21;;;/h4-7H,8-12H2,1-3H3,(H,18,19);3*1H. The van der Waals surface area contributed by atoms with Gasteiger partial charge in [0.2, 0.25) is 0 Å². The van der Waals surface area contributed by atoms with E-state index < -0.39 is 0 Å². The van der Waals surface area contributed by atoms with Crippen molar-refractivity contribution in [2.45, 2.75) is 20.4 Å². The van der Waals surface area contributed by atoms with Gasteiger partial charge in [-0.3, -0.25) is 4.90 Å². The lowest BCUT2D eigenvalue weighted by Gasteiger charge is -2.31. The van der Waals surface area contributed by atoms with Gasteiger partial charge in [0.15, 0.2) is 0 Å². The zero-order valence-electron chi connectivity index (χ0n) is 14.4. The van der Waals surface area contributed by atoms with Gasteiger partial charge < -0.3 is 9.88 Å². The zero-order chi connectivity index (χ0) is 14.8. The predicted molar refractivity (Wildman–Crippen MR) is 108 cm³/mol. The van der Waals surface area contributed by atoms with Crippen LogP contribution < -0.4 is 0 Å². The number of aromatic nitrogens is 2. The van der Waals surface area contributed by atoms with Crippen molar-refractivity contribution in [1.82, 2.24) is 19.8 Å². The second kappa shape index (κ2) is 10.3. The molecule has 1 N–H and O–H groups in total. The number of likely N-dealkylation sites (N-methyl/N-ethyl adjacent to an activating group) is 1. The molecule has 1 aromatic carbocycles. The number of aromatic amines is 1. The van der Waals surface area contributed by atoms with E-state index in [0.29, 0.717) is 0 Å². The average Bonchev–Trinajstić information content (AvgIpc) is 2.83. The fourth-order valence-electron chi connectivity index (χ4n) is 2.72.